The van der Waals surface area contributed by atoms with Crippen molar-refractivity contribution in [1.29, 1.82) is 0 Å². The maximum absolute atomic E-state index is 12.8. The number of benzene rings is 2. The molecule has 2 aromatic rings. The third-order valence-corrected chi connectivity index (χ3v) is 5.60. The second kappa shape index (κ2) is 7.05. The van der Waals surface area contributed by atoms with Gasteiger partial charge < -0.3 is 10.6 Å². The summed E-state index contributed by atoms with van der Waals surface area (Å²) in [6.45, 7) is 2.05. The van der Waals surface area contributed by atoms with Gasteiger partial charge in [-0.05, 0) is 42.5 Å². The van der Waals surface area contributed by atoms with Crippen LogP contribution < -0.4 is 10.6 Å². The minimum atomic E-state index is -4.35. The Morgan fingerprint density at radius 3 is 2.20 bits per heavy atom. The highest BCUT2D eigenvalue weighted by atomic mass is 32.2. The van der Waals surface area contributed by atoms with Crippen LogP contribution in [0.3, 0.4) is 0 Å². The summed E-state index contributed by atoms with van der Waals surface area (Å²) in [6.07, 6.45) is -4.35. The Morgan fingerprint density at radius 2 is 1.60 bits per heavy atom. The van der Waals surface area contributed by atoms with Gasteiger partial charge in [0.05, 0.1) is 10.5 Å². The van der Waals surface area contributed by atoms with Crippen LogP contribution in [-0.2, 0) is 17.2 Å². The van der Waals surface area contributed by atoms with Crippen LogP contribution in [0, 0.1) is 0 Å². The van der Waals surface area contributed by atoms with Gasteiger partial charge in [0.25, 0.3) is 0 Å². The summed E-state index contributed by atoms with van der Waals surface area (Å²) < 4.78 is 52.9. The summed E-state index contributed by atoms with van der Waals surface area (Å²) in [6, 6.07) is 12.2. The third kappa shape index (κ3) is 4.13. The maximum Gasteiger partial charge on any atom is 0.416 e. The molecule has 4 nitrogen and oxygen atoms in total. The predicted molar refractivity (Wildman–Crippen MR) is 92.5 cm³/mol. The van der Waals surface area contributed by atoms with Gasteiger partial charge in [-0.3, -0.25) is 0 Å². The number of nitrogens with two attached hydrogens (primary N) is 1. The molecule has 1 heterocycles. The van der Waals surface area contributed by atoms with Crippen LogP contribution in [0.4, 0.5) is 24.5 Å². The first-order valence-electron chi connectivity index (χ1n) is 7.79. The molecule has 1 aliphatic rings. The lowest BCUT2D eigenvalue weighted by molar-refractivity contribution is -0.137. The minimum absolute atomic E-state index is 0.507. The molecule has 2 aromatic carbocycles. The second-order valence-electron chi connectivity index (χ2n) is 5.78. The maximum atomic E-state index is 12.8. The van der Waals surface area contributed by atoms with Crippen molar-refractivity contribution in [2.24, 2.45) is 0 Å². The fraction of sp³-hybridized carbons (Fsp3) is 0.294. The minimum Gasteiger partial charge on any atom is -0.399 e. The predicted octanol–water partition coefficient (Wildman–Crippen LogP) is 3.13. The molecule has 0 amide bonds. The van der Waals surface area contributed by atoms with Crippen molar-refractivity contribution >= 4 is 22.4 Å². The van der Waals surface area contributed by atoms with E-state index in [2.05, 4.69) is 0 Å². The molecule has 1 aliphatic heterocycles. The molecule has 3 rings (SSSR count). The quantitative estimate of drug-likeness (QED) is 0.846. The number of rotatable bonds is 3. The number of alkyl halides is 3. The van der Waals surface area contributed by atoms with E-state index in [1.165, 1.54) is 6.07 Å². The molecule has 1 saturated heterocycles. The Bertz CT molecular complexity index is 756. The lowest BCUT2D eigenvalue weighted by atomic mass is 10.1. The first kappa shape index (κ1) is 17.8. The second-order valence-corrected chi connectivity index (χ2v) is 7.27. The summed E-state index contributed by atoms with van der Waals surface area (Å²) in [4.78, 5) is 2.55. The van der Waals surface area contributed by atoms with Crippen LogP contribution in [0.1, 0.15) is 5.56 Å². The van der Waals surface area contributed by atoms with Crippen LogP contribution >= 0.6 is 0 Å². The highest BCUT2D eigenvalue weighted by Crippen LogP contribution is 2.32. The molecule has 0 bridgehead atoms. The highest BCUT2D eigenvalue weighted by Gasteiger charge is 2.31. The van der Waals surface area contributed by atoms with Gasteiger partial charge in [-0.2, -0.15) is 13.2 Å². The smallest absolute Gasteiger partial charge is 0.399 e. The van der Waals surface area contributed by atoms with Crippen molar-refractivity contribution in [3.8, 4) is 0 Å². The number of hydrogen-bond donors (Lipinski definition) is 1. The fourth-order valence-corrected chi connectivity index (χ4v) is 3.89. The summed E-state index contributed by atoms with van der Waals surface area (Å²) in [5, 5.41) is 0. The zero-order valence-electron chi connectivity index (χ0n) is 13.4. The molecule has 25 heavy (non-hydrogen) atoms. The fourth-order valence-electron chi connectivity index (χ4n) is 2.72. The molecule has 134 valence electrons. The summed E-state index contributed by atoms with van der Waals surface area (Å²) in [7, 11) is -1.30. The first-order chi connectivity index (χ1) is 11.8. The molecule has 1 fully saturated rings. The van der Waals surface area contributed by atoms with Crippen LogP contribution in [0.5, 0.6) is 0 Å². The number of anilines is 2. The molecule has 1 unspecified atom stereocenters. The summed E-state index contributed by atoms with van der Waals surface area (Å²) in [5.74, 6) is 0. The Kier molecular flexibility index (Phi) is 5.01. The van der Waals surface area contributed by atoms with Crippen molar-refractivity contribution in [3.05, 3.63) is 54.1 Å². The molecule has 0 aliphatic carbocycles. The van der Waals surface area contributed by atoms with Gasteiger partial charge in [0.2, 0.25) is 0 Å². The van der Waals surface area contributed by atoms with E-state index < -0.39 is 22.7 Å². The van der Waals surface area contributed by atoms with E-state index in [4.69, 9.17) is 5.73 Å². The van der Waals surface area contributed by atoms with E-state index >= 15 is 0 Å². The lowest BCUT2D eigenvalue weighted by Gasteiger charge is -2.35. The highest BCUT2D eigenvalue weighted by molar-refractivity contribution is 7.82. The van der Waals surface area contributed by atoms with Gasteiger partial charge in [0.15, 0.2) is 0 Å². The van der Waals surface area contributed by atoms with Crippen molar-refractivity contribution < 1.29 is 17.4 Å². The van der Waals surface area contributed by atoms with Gasteiger partial charge >= 0.3 is 6.18 Å². The average molecular weight is 369 g/mol. The number of piperazine rings is 1. The molecule has 2 N–H and O–H groups in total. The number of nitrogens with zero attached hydrogens (tertiary/aromatic N) is 2. The monoisotopic (exact) mass is 369 g/mol. The SMILES string of the molecule is Nc1ccc(S(=O)N2CCN(c3cccc(C(F)(F)F)c3)CC2)cc1. The zero-order chi connectivity index (χ0) is 18.0. The zero-order valence-corrected chi connectivity index (χ0v) is 14.2. The molecular formula is C17H18F3N3OS. The molecule has 0 saturated carbocycles. The van der Waals surface area contributed by atoms with E-state index in [0.29, 0.717) is 42.4 Å². The van der Waals surface area contributed by atoms with Crippen molar-refractivity contribution in [2.75, 3.05) is 36.8 Å². The van der Waals surface area contributed by atoms with Gasteiger partial charge in [-0.25, -0.2) is 8.51 Å². The molecule has 0 radical (unpaired) electrons. The molecule has 0 aromatic heterocycles. The Labute approximate surface area is 146 Å². The Balaban J connectivity index is 1.66. The van der Waals surface area contributed by atoms with Crippen LogP contribution in [0.15, 0.2) is 53.4 Å². The van der Waals surface area contributed by atoms with E-state index in [1.807, 2.05) is 9.21 Å². The first-order valence-corrected chi connectivity index (χ1v) is 8.90. The lowest BCUT2D eigenvalue weighted by Crippen LogP contribution is -2.47. The van der Waals surface area contributed by atoms with Gasteiger partial charge in [-0.1, -0.05) is 6.07 Å². The van der Waals surface area contributed by atoms with Crippen LogP contribution in [0.25, 0.3) is 0 Å². The van der Waals surface area contributed by atoms with E-state index in [9.17, 15) is 17.4 Å². The number of halogens is 3. The molecule has 0 spiro atoms. The average Bonchev–Trinajstić information content (AvgIpc) is 2.61. The van der Waals surface area contributed by atoms with Crippen LogP contribution in [0.2, 0.25) is 0 Å². The Morgan fingerprint density at radius 1 is 0.960 bits per heavy atom. The molecular weight excluding hydrogens is 351 g/mol. The standard InChI is InChI=1S/C17H18F3N3OS/c18-17(19,20)13-2-1-3-15(12-13)22-8-10-23(11-9-22)25(24)16-6-4-14(21)5-7-16/h1-7,12H,8-11,21H2. The Hall–Kier alpha value is -2.06. The normalized spacial score (nSPS) is 17.5. The van der Waals surface area contributed by atoms with Gasteiger partial charge in [0, 0.05) is 37.6 Å². The van der Waals surface area contributed by atoms with Gasteiger partial charge in [-0.15, -0.1) is 0 Å². The molecule has 1 atom stereocenters. The topological polar surface area (TPSA) is 49.6 Å². The molecule has 8 heteroatoms. The van der Waals surface area contributed by atoms with E-state index in [0.717, 1.165) is 12.1 Å². The van der Waals surface area contributed by atoms with Gasteiger partial charge in [0.1, 0.15) is 11.0 Å². The van der Waals surface area contributed by atoms with Crippen molar-refractivity contribution in [3.63, 3.8) is 0 Å². The number of nitrogen functional groups attached to an aromatic ring is 1. The van der Waals surface area contributed by atoms with E-state index in [-0.39, 0.29) is 0 Å². The summed E-state index contributed by atoms with van der Waals surface area (Å²) >= 11 is 0. The summed E-state index contributed by atoms with van der Waals surface area (Å²) in [5.41, 5.74) is 6.12. The van der Waals surface area contributed by atoms with Crippen LogP contribution in [-0.4, -0.2) is 34.7 Å². The van der Waals surface area contributed by atoms with Crippen molar-refractivity contribution in [2.45, 2.75) is 11.1 Å². The number of hydrogen-bond acceptors (Lipinski definition) is 3. The largest absolute Gasteiger partial charge is 0.416 e. The van der Waals surface area contributed by atoms with E-state index in [1.54, 1.807) is 30.3 Å². The third-order valence-electron chi connectivity index (χ3n) is 4.09. The van der Waals surface area contributed by atoms with Crippen molar-refractivity contribution in [1.82, 2.24) is 4.31 Å².